The topological polar surface area (TPSA) is 82.1 Å². The van der Waals surface area contributed by atoms with Gasteiger partial charge in [-0.3, -0.25) is 0 Å². The second-order valence-electron chi connectivity index (χ2n) is 5.96. The van der Waals surface area contributed by atoms with Crippen molar-refractivity contribution in [1.29, 1.82) is 0 Å². The number of amidine groups is 1. The maximum absolute atomic E-state index is 9.85. The van der Waals surface area contributed by atoms with Gasteiger partial charge in [-0.2, -0.15) is 0 Å². The van der Waals surface area contributed by atoms with Gasteiger partial charge in [0.05, 0.1) is 5.60 Å². The Morgan fingerprint density at radius 2 is 1.94 bits per heavy atom. The molecule has 0 amide bonds. The normalized spacial score (nSPS) is 22.7. The third kappa shape index (κ3) is 4.16. The predicted octanol–water partition coefficient (Wildman–Crippen LogP) is 0.996. The summed E-state index contributed by atoms with van der Waals surface area (Å²) in [5.41, 5.74) is 4.87. The molecule has 100 valence electrons. The van der Waals surface area contributed by atoms with Gasteiger partial charge >= 0.3 is 0 Å². The Kier molecular flexibility index (Phi) is 4.38. The van der Waals surface area contributed by atoms with E-state index in [-0.39, 0.29) is 11.3 Å². The first kappa shape index (κ1) is 14.3. The van der Waals surface area contributed by atoms with Crippen LogP contribution in [0.2, 0.25) is 0 Å². The van der Waals surface area contributed by atoms with Crippen molar-refractivity contribution < 1.29 is 10.3 Å². The van der Waals surface area contributed by atoms with Crippen LogP contribution in [-0.2, 0) is 0 Å². The summed E-state index contributed by atoms with van der Waals surface area (Å²) in [4.78, 5) is 2.32. The number of nitrogens with two attached hydrogens (primary N) is 1. The van der Waals surface area contributed by atoms with Crippen molar-refractivity contribution in [3.05, 3.63) is 0 Å². The van der Waals surface area contributed by atoms with Crippen LogP contribution in [0.25, 0.3) is 0 Å². The van der Waals surface area contributed by atoms with E-state index < -0.39 is 5.60 Å². The molecular formula is C12H25N3O2. The quantitative estimate of drug-likeness (QED) is 0.298. The minimum Gasteiger partial charge on any atom is -0.409 e. The molecule has 0 aromatic rings. The number of rotatable bonds is 4. The van der Waals surface area contributed by atoms with Crippen molar-refractivity contribution in [3.63, 3.8) is 0 Å². The van der Waals surface area contributed by atoms with E-state index in [1.54, 1.807) is 0 Å². The van der Waals surface area contributed by atoms with E-state index in [2.05, 4.69) is 10.1 Å². The van der Waals surface area contributed by atoms with Crippen molar-refractivity contribution in [3.8, 4) is 0 Å². The highest BCUT2D eigenvalue weighted by Gasteiger charge is 2.29. The first-order chi connectivity index (χ1) is 7.77. The number of oxime groups is 1. The van der Waals surface area contributed by atoms with Gasteiger partial charge < -0.3 is 20.9 Å². The first-order valence-corrected chi connectivity index (χ1v) is 6.20. The molecule has 4 N–H and O–H groups in total. The minimum absolute atomic E-state index is 0.279. The van der Waals surface area contributed by atoms with Gasteiger partial charge in [0.2, 0.25) is 0 Å². The lowest BCUT2D eigenvalue weighted by atomic mass is 9.87. The van der Waals surface area contributed by atoms with E-state index in [9.17, 15) is 5.11 Å². The Bertz CT molecular complexity index is 277. The van der Waals surface area contributed by atoms with Gasteiger partial charge in [0, 0.05) is 18.5 Å². The van der Waals surface area contributed by atoms with Gasteiger partial charge in [0.25, 0.3) is 0 Å². The lowest BCUT2D eigenvalue weighted by Gasteiger charge is -2.37. The molecule has 0 aliphatic carbocycles. The number of hydrogen-bond donors (Lipinski definition) is 3. The summed E-state index contributed by atoms with van der Waals surface area (Å²) in [5, 5.41) is 21.6. The molecule has 0 atom stereocenters. The highest BCUT2D eigenvalue weighted by atomic mass is 16.4. The molecule has 5 nitrogen and oxygen atoms in total. The summed E-state index contributed by atoms with van der Waals surface area (Å²) in [5.74, 6) is 0.279. The molecule has 1 fully saturated rings. The van der Waals surface area contributed by atoms with E-state index in [4.69, 9.17) is 10.9 Å². The van der Waals surface area contributed by atoms with E-state index in [1.807, 2.05) is 20.8 Å². The van der Waals surface area contributed by atoms with Crippen LogP contribution in [0.1, 0.15) is 40.0 Å². The highest BCUT2D eigenvalue weighted by molar-refractivity contribution is 5.85. The Balaban J connectivity index is 2.38. The molecule has 0 saturated carbocycles. The van der Waals surface area contributed by atoms with Gasteiger partial charge in [-0.1, -0.05) is 19.0 Å². The molecule has 1 rings (SSSR count). The lowest BCUT2D eigenvalue weighted by Crippen LogP contribution is -2.44. The molecule has 1 aliphatic rings. The smallest absolute Gasteiger partial charge is 0.144 e. The SMILES string of the molecule is CC1(O)CCN(CCC(C)(C)C(N)=NO)CC1. The van der Waals surface area contributed by atoms with Crippen molar-refractivity contribution in [1.82, 2.24) is 4.90 Å². The fraction of sp³-hybridized carbons (Fsp3) is 0.917. The molecule has 5 heteroatoms. The van der Waals surface area contributed by atoms with Gasteiger partial charge in [-0.25, -0.2) is 0 Å². The largest absolute Gasteiger partial charge is 0.409 e. The van der Waals surface area contributed by atoms with Crippen molar-refractivity contribution >= 4 is 5.84 Å². The predicted molar refractivity (Wildman–Crippen MR) is 68.1 cm³/mol. The van der Waals surface area contributed by atoms with E-state index >= 15 is 0 Å². The zero-order chi connectivity index (χ0) is 13.1. The van der Waals surface area contributed by atoms with Crippen LogP contribution in [0.15, 0.2) is 5.16 Å². The first-order valence-electron chi connectivity index (χ1n) is 6.20. The average molecular weight is 243 g/mol. The fourth-order valence-electron chi connectivity index (χ4n) is 1.96. The molecule has 1 aliphatic heterocycles. The van der Waals surface area contributed by atoms with Crippen molar-refractivity contribution in [2.45, 2.75) is 45.6 Å². The molecule has 0 radical (unpaired) electrons. The Morgan fingerprint density at radius 1 is 1.41 bits per heavy atom. The third-order valence-electron chi connectivity index (χ3n) is 3.79. The zero-order valence-corrected chi connectivity index (χ0v) is 11.1. The van der Waals surface area contributed by atoms with Gasteiger partial charge in [-0.15, -0.1) is 0 Å². The summed E-state index contributed by atoms with van der Waals surface area (Å²) in [6.45, 7) is 8.59. The number of piperidine rings is 1. The van der Waals surface area contributed by atoms with Crippen LogP contribution in [-0.4, -0.2) is 46.3 Å². The van der Waals surface area contributed by atoms with Crippen molar-refractivity contribution in [2.75, 3.05) is 19.6 Å². The summed E-state index contributed by atoms with van der Waals surface area (Å²) in [7, 11) is 0. The fourth-order valence-corrected chi connectivity index (χ4v) is 1.96. The monoisotopic (exact) mass is 243 g/mol. The Labute approximate surface area is 103 Å². The van der Waals surface area contributed by atoms with Crippen LogP contribution in [0.4, 0.5) is 0 Å². The van der Waals surface area contributed by atoms with E-state index in [1.165, 1.54) is 0 Å². The molecule has 0 bridgehead atoms. The molecular weight excluding hydrogens is 218 g/mol. The summed E-state index contributed by atoms with van der Waals surface area (Å²) >= 11 is 0. The Morgan fingerprint density at radius 3 is 2.41 bits per heavy atom. The van der Waals surface area contributed by atoms with Crippen LogP contribution in [0.3, 0.4) is 0 Å². The maximum Gasteiger partial charge on any atom is 0.144 e. The molecule has 0 aromatic carbocycles. The maximum atomic E-state index is 9.85. The molecule has 0 aromatic heterocycles. The molecule has 1 saturated heterocycles. The molecule has 0 spiro atoms. The third-order valence-corrected chi connectivity index (χ3v) is 3.79. The number of hydrogen-bond acceptors (Lipinski definition) is 4. The van der Waals surface area contributed by atoms with Crippen LogP contribution in [0.5, 0.6) is 0 Å². The Hall–Kier alpha value is -0.810. The minimum atomic E-state index is -0.502. The van der Waals surface area contributed by atoms with Crippen LogP contribution < -0.4 is 5.73 Å². The number of likely N-dealkylation sites (tertiary alicyclic amines) is 1. The molecule has 1 heterocycles. The summed E-state index contributed by atoms with van der Waals surface area (Å²) in [6.07, 6.45) is 2.49. The molecule has 0 unspecified atom stereocenters. The van der Waals surface area contributed by atoms with E-state index in [0.717, 1.165) is 38.9 Å². The average Bonchev–Trinajstić information content (AvgIpc) is 2.26. The highest BCUT2D eigenvalue weighted by Crippen LogP contribution is 2.24. The van der Waals surface area contributed by atoms with Gasteiger partial charge in [-0.05, 0) is 32.7 Å². The van der Waals surface area contributed by atoms with Gasteiger partial charge in [0.1, 0.15) is 5.84 Å². The standard InChI is InChI=1S/C12H25N3O2/c1-11(2,10(13)14-17)4-7-15-8-5-12(3,16)6-9-15/h16-17H,4-9H2,1-3H3,(H2,13,14). The van der Waals surface area contributed by atoms with Crippen molar-refractivity contribution in [2.24, 2.45) is 16.3 Å². The van der Waals surface area contributed by atoms with Gasteiger partial charge in [0.15, 0.2) is 0 Å². The second kappa shape index (κ2) is 5.23. The van der Waals surface area contributed by atoms with Crippen LogP contribution >= 0.6 is 0 Å². The lowest BCUT2D eigenvalue weighted by molar-refractivity contribution is -0.00659. The zero-order valence-electron chi connectivity index (χ0n) is 11.1. The second-order valence-corrected chi connectivity index (χ2v) is 5.96. The molecule has 17 heavy (non-hydrogen) atoms. The van der Waals surface area contributed by atoms with Crippen LogP contribution in [0, 0.1) is 5.41 Å². The summed E-state index contributed by atoms with van der Waals surface area (Å²) < 4.78 is 0. The number of nitrogens with zero attached hydrogens (tertiary/aromatic N) is 2. The summed E-state index contributed by atoms with van der Waals surface area (Å²) in [6, 6.07) is 0. The number of aliphatic hydroxyl groups is 1. The van der Waals surface area contributed by atoms with E-state index in [0.29, 0.717) is 0 Å².